The first-order valence-corrected chi connectivity index (χ1v) is 5.45. The van der Waals surface area contributed by atoms with E-state index in [0.717, 1.165) is 37.4 Å². The number of piperidine rings is 1. The summed E-state index contributed by atoms with van der Waals surface area (Å²) >= 11 is 0. The van der Waals surface area contributed by atoms with Crippen molar-refractivity contribution in [2.75, 3.05) is 24.6 Å². The van der Waals surface area contributed by atoms with Gasteiger partial charge in [-0.15, -0.1) is 5.10 Å². The topological polar surface area (TPSA) is 49.2 Å². The van der Waals surface area contributed by atoms with Crippen LogP contribution in [0.4, 0.5) is 5.82 Å². The van der Waals surface area contributed by atoms with Gasteiger partial charge in [0.05, 0.1) is 5.69 Å². The van der Waals surface area contributed by atoms with Gasteiger partial charge in [0.1, 0.15) is 0 Å². The summed E-state index contributed by atoms with van der Waals surface area (Å²) in [5, 5.41) is 17.4. The zero-order valence-electron chi connectivity index (χ0n) is 9.06. The highest BCUT2D eigenvalue weighted by Gasteiger charge is 2.20. The fourth-order valence-electron chi connectivity index (χ4n) is 1.98. The summed E-state index contributed by atoms with van der Waals surface area (Å²) < 4.78 is 0. The molecule has 0 radical (unpaired) electrons. The van der Waals surface area contributed by atoms with Crippen molar-refractivity contribution < 1.29 is 5.11 Å². The van der Waals surface area contributed by atoms with E-state index in [4.69, 9.17) is 5.11 Å². The Balaban J connectivity index is 2.06. The lowest BCUT2D eigenvalue weighted by Crippen LogP contribution is -2.37. The summed E-state index contributed by atoms with van der Waals surface area (Å²) in [5.74, 6) is 1.32. The van der Waals surface area contributed by atoms with Crippen molar-refractivity contribution in [3.63, 3.8) is 0 Å². The number of rotatable bonds is 2. The molecular formula is C11H17N3O. The van der Waals surface area contributed by atoms with Gasteiger partial charge < -0.3 is 10.0 Å². The maximum absolute atomic E-state index is 9.14. The molecule has 1 aromatic rings. The van der Waals surface area contributed by atoms with E-state index in [-0.39, 0.29) is 6.61 Å². The molecule has 82 valence electrons. The molecule has 0 bridgehead atoms. The summed E-state index contributed by atoms with van der Waals surface area (Å²) in [6.45, 7) is 4.13. The molecule has 1 aliphatic rings. The van der Waals surface area contributed by atoms with Crippen LogP contribution in [0.2, 0.25) is 0 Å². The molecule has 2 rings (SSSR count). The van der Waals surface area contributed by atoms with E-state index in [1.165, 1.54) is 0 Å². The standard InChI is InChI=1S/C11H17N3O/c1-9-4-5-11(13-12-9)14-6-2-3-10(7-14)8-15/h4-5,10,15H,2-3,6-8H2,1H3. The highest BCUT2D eigenvalue weighted by atomic mass is 16.3. The average molecular weight is 207 g/mol. The molecule has 1 fully saturated rings. The molecule has 4 nitrogen and oxygen atoms in total. The molecule has 1 unspecified atom stereocenters. The fourth-order valence-corrected chi connectivity index (χ4v) is 1.98. The molecule has 1 saturated heterocycles. The Hall–Kier alpha value is -1.16. The van der Waals surface area contributed by atoms with Crippen molar-refractivity contribution in [2.24, 2.45) is 5.92 Å². The van der Waals surface area contributed by atoms with Crippen molar-refractivity contribution in [1.29, 1.82) is 0 Å². The summed E-state index contributed by atoms with van der Waals surface area (Å²) in [6, 6.07) is 3.98. The van der Waals surface area contributed by atoms with Crippen LogP contribution in [0, 0.1) is 12.8 Å². The Kier molecular flexibility index (Phi) is 3.16. The number of aromatic nitrogens is 2. The lowest BCUT2D eigenvalue weighted by molar-refractivity contribution is 0.208. The number of anilines is 1. The second-order valence-corrected chi connectivity index (χ2v) is 4.17. The van der Waals surface area contributed by atoms with Crippen molar-refractivity contribution in [2.45, 2.75) is 19.8 Å². The summed E-state index contributed by atoms with van der Waals surface area (Å²) in [6.07, 6.45) is 2.24. The van der Waals surface area contributed by atoms with E-state index in [1.54, 1.807) is 0 Å². The smallest absolute Gasteiger partial charge is 0.151 e. The quantitative estimate of drug-likeness (QED) is 0.785. The van der Waals surface area contributed by atoms with E-state index in [0.29, 0.717) is 5.92 Å². The van der Waals surface area contributed by atoms with Gasteiger partial charge >= 0.3 is 0 Å². The van der Waals surface area contributed by atoms with Gasteiger partial charge in [-0.25, -0.2) is 0 Å². The minimum Gasteiger partial charge on any atom is -0.396 e. The van der Waals surface area contributed by atoms with Crippen LogP contribution in [0.5, 0.6) is 0 Å². The number of aliphatic hydroxyl groups is 1. The van der Waals surface area contributed by atoms with Crippen LogP contribution in [0.15, 0.2) is 12.1 Å². The van der Waals surface area contributed by atoms with E-state index in [2.05, 4.69) is 15.1 Å². The highest BCUT2D eigenvalue weighted by molar-refractivity contribution is 5.37. The van der Waals surface area contributed by atoms with Crippen molar-refractivity contribution in [3.8, 4) is 0 Å². The van der Waals surface area contributed by atoms with Crippen LogP contribution in [0.25, 0.3) is 0 Å². The first kappa shape index (κ1) is 10.4. The van der Waals surface area contributed by atoms with Crippen molar-refractivity contribution >= 4 is 5.82 Å². The molecule has 1 aliphatic heterocycles. The van der Waals surface area contributed by atoms with Crippen LogP contribution >= 0.6 is 0 Å². The molecule has 0 aromatic carbocycles. The van der Waals surface area contributed by atoms with Crippen LogP contribution in [0.1, 0.15) is 18.5 Å². The van der Waals surface area contributed by atoms with Gasteiger partial charge in [0.25, 0.3) is 0 Å². The van der Waals surface area contributed by atoms with Crippen LogP contribution in [-0.2, 0) is 0 Å². The predicted molar refractivity (Wildman–Crippen MR) is 58.8 cm³/mol. The second-order valence-electron chi connectivity index (χ2n) is 4.17. The molecule has 1 atom stereocenters. The van der Waals surface area contributed by atoms with Gasteiger partial charge in [0.2, 0.25) is 0 Å². The molecular weight excluding hydrogens is 190 g/mol. The molecule has 15 heavy (non-hydrogen) atoms. The van der Waals surface area contributed by atoms with Gasteiger partial charge in [0, 0.05) is 19.7 Å². The Bertz CT molecular complexity index is 312. The van der Waals surface area contributed by atoms with Crippen molar-refractivity contribution in [1.82, 2.24) is 10.2 Å². The molecule has 4 heteroatoms. The molecule has 0 aliphatic carbocycles. The number of hydrogen-bond donors (Lipinski definition) is 1. The minimum absolute atomic E-state index is 0.274. The monoisotopic (exact) mass is 207 g/mol. The lowest BCUT2D eigenvalue weighted by atomic mass is 9.99. The molecule has 2 heterocycles. The first-order valence-electron chi connectivity index (χ1n) is 5.45. The van der Waals surface area contributed by atoms with Gasteiger partial charge in [0.15, 0.2) is 5.82 Å². The predicted octanol–water partition coefficient (Wildman–Crippen LogP) is 0.994. The average Bonchev–Trinajstić information content (AvgIpc) is 2.30. The Morgan fingerprint density at radius 3 is 3.00 bits per heavy atom. The molecule has 0 amide bonds. The maximum atomic E-state index is 9.14. The number of aryl methyl sites for hydroxylation is 1. The Morgan fingerprint density at radius 1 is 1.47 bits per heavy atom. The second kappa shape index (κ2) is 4.57. The van der Waals surface area contributed by atoms with Gasteiger partial charge in [-0.3, -0.25) is 0 Å². The summed E-state index contributed by atoms with van der Waals surface area (Å²) in [4.78, 5) is 2.21. The molecule has 0 saturated carbocycles. The minimum atomic E-state index is 0.274. The maximum Gasteiger partial charge on any atom is 0.151 e. The first-order chi connectivity index (χ1) is 7.29. The number of nitrogens with zero attached hydrogens (tertiary/aromatic N) is 3. The zero-order chi connectivity index (χ0) is 10.7. The Labute approximate surface area is 89.9 Å². The summed E-state index contributed by atoms with van der Waals surface area (Å²) in [7, 11) is 0. The lowest BCUT2D eigenvalue weighted by Gasteiger charge is -2.32. The largest absolute Gasteiger partial charge is 0.396 e. The van der Waals surface area contributed by atoms with Crippen LogP contribution in [-0.4, -0.2) is 35.0 Å². The van der Waals surface area contributed by atoms with Gasteiger partial charge in [-0.05, 0) is 37.8 Å². The van der Waals surface area contributed by atoms with E-state index < -0.39 is 0 Å². The normalized spacial score (nSPS) is 21.7. The zero-order valence-corrected chi connectivity index (χ0v) is 9.06. The Morgan fingerprint density at radius 2 is 2.33 bits per heavy atom. The molecule has 1 N–H and O–H groups in total. The van der Waals surface area contributed by atoms with Crippen LogP contribution in [0.3, 0.4) is 0 Å². The van der Waals surface area contributed by atoms with Crippen molar-refractivity contribution in [3.05, 3.63) is 17.8 Å². The molecule has 0 spiro atoms. The van der Waals surface area contributed by atoms with E-state index in [1.807, 2.05) is 19.1 Å². The van der Waals surface area contributed by atoms with Crippen LogP contribution < -0.4 is 4.90 Å². The SMILES string of the molecule is Cc1ccc(N2CCCC(CO)C2)nn1. The highest BCUT2D eigenvalue weighted by Crippen LogP contribution is 2.20. The third-order valence-electron chi connectivity index (χ3n) is 2.88. The van der Waals surface area contributed by atoms with E-state index in [9.17, 15) is 0 Å². The fraction of sp³-hybridized carbons (Fsp3) is 0.636. The summed E-state index contributed by atoms with van der Waals surface area (Å²) in [5.41, 5.74) is 0.939. The number of aliphatic hydroxyl groups excluding tert-OH is 1. The third-order valence-corrected chi connectivity index (χ3v) is 2.88. The number of hydrogen-bond acceptors (Lipinski definition) is 4. The van der Waals surface area contributed by atoms with Gasteiger partial charge in [-0.2, -0.15) is 5.10 Å². The molecule has 1 aromatic heterocycles. The van der Waals surface area contributed by atoms with Gasteiger partial charge in [-0.1, -0.05) is 0 Å². The van der Waals surface area contributed by atoms with E-state index >= 15 is 0 Å². The third kappa shape index (κ3) is 2.45.